The largest absolute Gasteiger partial charge is 0.497 e. The molecule has 3 aromatic rings. The summed E-state index contributed by atoms with van der Waals surface area (Å²) in [6, 6.07) is 15.5. The van der Waals surface area contributed by atoms with Gasteiger partial charge in [-0.1, -0.05) is 18.2 Å². The maximum atomic E-state index is 14.1. The van der Waals surface area contributed by atoms with Crippen LogP contribution in [0.2, 0.25) is 0 Å². The number of carbonyl (C=O) groups is 2. The van der Waals surface area contributed by atoms with Crippen LogP contribution in [0.5, 0.6) is 5.75 Å². The molecular weight excluding hydrogens is 491 g/mol. The molecule has 2 aliphatic rings. The highest BCUT2D eigenvalue weighted by Crippen LogP contribution is 2.37. The van der Waals surface area contributed by atoms with Gasteiger partial charge in [-0.3, -0.25) is 9.69 Å². The smallest absolute Gasteiger partial charge is 0.322 e. The second-order valence-corrected chi connectivity index (χ2v) is 10.5. The zero-order chi connectivity index (χ0) is 25.9. The number of carbonyl (C=O) groups excluding carboxylic acids is 2. The fourth-order valence-electron chi connectivity index (χ4n) is 5.26. The number of nitrogens with one attached hydrogen (secondary N) is 1. The molecule has 2 atom stereocenters. The Labute approximate surface area is 220 Å². The Kier molecular flexibility index (Phi) is 7.43. The van der Waals surface area contributed by atoms with E-state index in [2.05, 4.69) is 21.7 Å². The molecule has 0 aliphatic carbocycles. The molecule has 0 bridgehead atoms. The quantitative estimate of drug-likeness (QED) is 0.532. The fourth-order valence-corrected chi connectivity index (χ4v) is 6.17. The lowest BCUT2D eigenvalue weighted by Crippen LogP contribution is -2.58. The van der Waals surface area contributed by atoms with Crippen LogP contribution in [0.4, 0.5) is 14.9 Å². The topological polar surface area (TPSA) is 65.1 Å². The summed E-state index contributed by atoms with van der Waals surface area (Å²) in [5, 5.41) is 5.00. The molecule has 1 N–H and O–H groups in total. The molecular formula is C28H31FN4O3S. The summed E-state index contributed by atoms with van der Waals surface area (Å²) < 4.78 is 19.3. The van der Waals surface area contributed by atoms with E-state index in [0.29, 0.717) is 31.1 Å². The maximum Gasteiger partial charge on any atom is 0.322 e. The van der Waals surface area contributed by atoms with Gasteiger partial charge < -0.3 is 19.9 Å². The zero-order valence-corrected chi connectivity index (χ0v) is 21.8. The highest BCUT2D eigenvalue weighted by Gasteiger charge is 2.34. The van der Waals surface area contributed by atoms with E-state index in [9.17, 15) is 14.0 Å². The third-order valence-electron chi connectivity index (χ3n) is 7.13. The molecule has 3 amide bonds. The Morgan fingerprint density at radius 2 is 1.95 bits per heavy atom. The van der Waals surface area contributed by atoms with Crippen molar-refractivity contribution in [2.45, 2.75) is 25.4 Å². The first kappa shape index (κ1) is 25.2. The number of halogens is 1. The molecule has 3 heterocycles. The predicted molar refractivity (Wildman–Crippen MR) is 143 cm³/mol. The van der Waals surface area contributed by atoms with Gasteiger partial charge in [0, 0.05) is 48.9 Å². The fraction of sp³-hybridized carbons (Fsp3) is 0.357. The Morgan fingerprint density at radius 3 is 2.73 bits per heavy atom. The van der Waals surface area contributed by atoms with Crippen molar-refractivity contribution in [1.29, 1.82) is 0 Å². The molecule has 0 radical (unpaired) electrons. The summed E-state index contributed by atoms with van der Waals surface area (Å²) in [7, 11) is 1.59. The third kappa shape index (κ3) is 5.47. The number of hydrogen-bond acceptors (Lipinski definition) is 5. The van der Waals surface area contributed by atoms with Crippen molar-refractivity contribution in [3.05, 3.63) is 81.8 Å². The standard InChI is InChI=1S/C28H31FN4O3S/c1-19-17-31(12-13-33(19)28(35)30-22-7-4-8-23(16-22)36-2)26(34)18-32-11-9-25-24(10-14-37-25)27(32)20-5-3-6-21(29)15-20/h3-8,10,14-16,19,27H,9,11-13,17-18H2,1-2H3,(H,30,35)/t19-,27+/m1/s1. The number of ether oxygens (including phenoxy) is 1. The summed E-state index contributed by atoms with van der Waals surface area (Å²) in [6.45, 7) is 4.32. The van der Waals surface area contributed by atoms with Gasteiger partial charge in [0.15, 0.2) is 0 Å². The highest BCUT2D eigenvalue weighted by molar-refractivity contribution is 7.10. The molecule has 1 saturated heterocycles. The maximum absolute atomic E-state index is 14.1. The van der Waals surface area contributed by atoms with Crippen molar-refractivity contribution in [3.63, 3.8) is 0 Å². The number of amides is 3. The second kappa shape index (κ2) is 10.9. The number of nitrogens with zero attached hydrogens (tertiary/aromatic N) is 3. The molecule has 7 nitrogen and oxygen atoms in total. The van der Waals surface area contributed by atoms with E-state index in [1.807, 2.05) is 36.1 Å². The molecule has 37 heavy (non-hydrogen) atoms. The van der Waals surface area contributed by atoms with E-state index in [1.54, 1.807) is 41.5 Å². The van der Waals surface area contributed by atoms with Crippen molar-refractivity contribution in [1.82, 2.24) is 14.7 Å². The van der Waals surface area contributed by atoms with Gasteiger partial charge in [0.25, 0.3) is 0 Å². The van der Waals surface area contributed by atoms with Crippen LogP contribution in [-0.4, -0.2) is 72.5 Å². The number of methoxy groups -OCH3 is 1. The minimum atomic E-state index is -0.275. The summed E-state index contributed by atoms with van der Waals surface area (Å²) in [5.74, 6) is 0.424. The number of rotatable bonds is 5. The minimum absolute atomic E-state index is 0.0276. The Bertz CT molecular complexity index is 1280. The van der Waals surface area contributed by atoms with Crippen LogP contribution in [0.3, 0.4) is 0 Å². The van der Waals surface area contributed by atoms with Crippen LogP contribution < -0.4 is 10.1 Å². The average Bonchev–Trinajstić information content (AvgIpc) is 3.37. The number of piperazine rings is 1. The zero-order valence-electron chi connectivity index (χ0n) is 21.0. The van der Waals surface area contributed by atoms with Gasteiger partial charge in [0.1, 0.15) is 11.6 Å². The second-order valence-electron chi connectivity index (χ2n) is 9.52. The van der Waals surface area contributed by atoms with Gasteiger partial charge in [-0.15, -0.1) is 11.3 Å². The van der Waals surface area contributed by atoms with Crippen LogP contribution in [0, 0.1) is 5.82 Å². The molecule has 1 fully saturated rings. The Hall–Kier alpha value is -3.43. The van der Waals surface area contributed by atoms with Gasteiger partial charge in [-0.2, -0.15) is 0 Å². The van der Waals surface area contributed by atoms with E-state index in [0.717, 1.165) is 24.1 Å². The van der Waals surface area contributed by atoms with Crippen molar-refractivity contribution in [2.24, 2.45) is 0 Å². The molecule has 2 aromatic carbocycles. The lowest BCUT2D eigenvalue weighted by molar-refractivity contribution is -0.135. The van der Waals surface area contributed by atoms with Gasteiger partial charge in [-0.25, -0.2) is 9.18 Å². The van der Waals surface area contributed by atoms with Crippen molar-refractivity contribution in [2.75, 3.05) is 45.2 Å². The van der Waals surface area contributed by atoms with Crippen molar-refractivity contribution >= 4 is 29.0 Å². The number of benzene rings is 2. The number of anilines is 1. The van der Waals surface area contributed by atoms with E-state index in [-0.39, 0.29) is 36.4 Å². The summed E-state index contributed by atoms with van der Waals surface area (Å²) >= 11 is 1.72. The normalized spacial score (nSPS) is 19.9. The molecule has 194 valence electrons. The number of urea groups is 1. The Morgan fingerprint density at radius 1 is 1.11 bits per heavy atom. The van der Waals surface area contributed by atoms with E-state index >= 15 is 0 Å². The van der Waals surface area contributed by atoms with Crippen LogP contribution >= 0.6 is 11.3 Å². The SMILES string of the molecule is COc1cccc(NC(=O)N2CCN(C(=O)CN3CCc4sccc4[C@@H]3c3cccc(F)c3)C[C@H]2C)c1. The van der Waals surface area contributed by atoms with Crippen molar-refractivity contribution < 1.29 is 18.7 Å². The number of thiophene rings is 1. The molecule has 9 heteroatoms. The van der Waals surface area contributed by atoms with Crippen molar-refractivity contribution in [3.8, 4) is 5.75 Å². The predicted octanol–water partition coefficient (Wildman–Crippen LogP) is 4.61. The van der Waals surface area contributed by atoms with Crippen LogP contribution in [0.15, 0.2) is 60.0 Å². The van der Waals surface area contributed by atoms with Gasteiger partial charge in [0.05, 0.1) is 19.7 Å². The van der Waals surface area contributed by atoms with E-state index in [1.165, 1.54) is 10.9 Å². The molecule has 1 aromatic heterocycles. The van der Waals surface area contributed by atoms with E-state index < -0.39 is 0 Å². The van der Waals surface area contributed by atoms with Gasteiger partial charge in [-0.05, 0) is 60.2 Å². The third-order valence-corrected chi connectivity index (χ3v) is 8.13. The molecule has 5 rings (SSSR count). The molecule has 0 unspecified atom stereocenters. The van der Waals surface area contributed by atoms with Gasteiger partial charge in [0.2, 0.25) is 5.91 Å². The molecule has 2 aliphatic heterocycles. The molecule has 0 spiro atoms. The number of hydrogen-bond donors (Lipinski definition) is 1. The van der Waals surface area contributed by atoms with Crippen LogP contribution in [0.25, 0.3) is 0 Å². The van der Waals surface area contributed by atoms with Crippen LogP contribution in [0.1, 0.15) is 29.0 Å². The summed E-state index contributed by atoms with van der Waals surface area (Å²) in [4.78, 5) is 33.4. The average molecular weight is 523 g/mol. The summed E-state index contributed by atoms with van der Waals surface area (Å²) in [6.07, 6.45) is 0.876. The van der Waals surface area contributed by atoms with E-state index in [4.69, 9.17) is 4.74 Å². The summed E-state index contributed by atoms with van der Waals surface area (Å²) in [5.41, 5.74) is 2.68. The van der Waals surface area contributed by atoms with Crippen LogP contribution in [-0.2, 0) is 11.2 Å². The lowest BCUT2D eigenvalue weighted by atomic mass is 9.93. The lowest BCUT2D eigenvalue weighted by Gasteiger charge is -2.41. The number of fused-ring (bicyclic) bond motifs is 1. The minimum Gasteiger partial charge on any atom is -0.497 e. The first-order chi connectivity index (χ1) is 17.9. The van der Waals surface area contributed by atoms with Gasteiger partial charge >= 0.3 is 6.03 Å². The Balaban J connectivity index is 1.24. The molecule has 0 saturated carbocycles. The monoisotopic (exact) mass is 522 g/mol. The first-order valence-corrected chi connectivity index (χ1v) is 13.4. The first-order valence-electron chi connectivity index (χ1n) is 12.5. The highest BCUT2D eigenvalue weighted by atomic mass is 32.1.